The fourth-order valence-electron chi connectivity index (χ4n) is 2.27. The summed E-state index contributed by atoms with van der Waals surface area (Å²) in [6.07, 6.45) is 0.959. The quantitative estimate of drug-likeness (QED) is 0.672. The molecule has 2 rings (SSSR count). The van der Waals surface area contributed by atoms with Crippen LogP contribution in [0, 0.1) is 0 Å². The molecule has 26 heavy (non-hydrogen) atoms. The van der Waals surface area contributed by atoms with Gasteiger partial charge in [0, 0.05) is 6.54 Å². The van der Waals surface area contributed by atoms with Crippen molar-refractivity contribution in [1.82, 2.24) is 20.4 Å². The van der Waals surface area contributed by atoms with E-state index in [1.54, 1.807) is 12.1 Å². The van der Waals surface area contributed by atoms with Crippen molar-refractivity contribution in [2.24, 2.45) is 0 Å². The Morgan fingerprint density at radius 3 is 2.58 bits per heavy atom. The average Bonchev–Trinajstić information content (AvgIpc) is 2.60. The van der Waals surface area contributed by atoms with Crippen molar-refractivity contribution in [3.63, 3.8) is 0 Å². The van der Waals surface area contributed by atoms with Crippen molar-refractivity contribution in [2.75, 3.05) is 32.5 Å². The van der Waals surface area contributed by atoms with Crippen LogP contribution in [0.5, 0.6) is 5.75 Å². The predicted molar refractivity (Wildman–Crippen MR) is 103 cm³/mol. The molecule has 0 radical (unpaired) electrons. The number of carbonyl (C=O) groups excluding carboxylic acids is 1. The first kappa shape index (κ1) is 19.7. The van der Waals surface area contributed by atoms with Crippen LogP contribution in [0.1, 0.15) is 30.8 Å². The fourth-order valence-corrected chi connectivity index (χ4v) is 2.27. The Morgan fingerprint density at radius 2 is 1.92 bits per heavy atom. The van der Waals surface area contributed by atoms with Gasteiger partial charge < -0.3 is 20.3 Å². The first-order valence-corrected chi connectivity index (χ1v) is 8.75. The highest BCUT2D eigenvalue weighted by atomic mass is 16.5. The van der Waals surface area contributed by atoms with E-state index in [2.05, 4.69) is 25.7 Å². The van der Waals surface area contributed by atoms with Gasteiger partial charge in [0.1, 0.15) is 5.75 Å². The van der Waals surface area contributed by atoms with E-state index in [1.165, 1.54) is 0 Å². The molecule has 7 heteroatoms. The van der Waals surface area contributed by atoms with E-state index in [4.69, 9.17) is 4.74 Å². The van der Waals surface area contributed by atoms with Gasteiger partial charge in [0.25, 0.3) is 5.91 Å². The Kier molecular flexibility index (Phi) is 7.35. The largest absolute Gasteiger partial charge is 0.489 e. The van der Waals surface area contributed by atoms with Crippen LogP contribution in [0.25, 0.3) is 0 Å². The maximum absolute atomic E-state index is 12.1. The first-order chi connectivity index (χ1) is 12.5. The van der Waals surface area contributed by atoms with Crippen molar-refractivity contribution in [1.29, 1.82) is 0 Å². The van der Waals surface area contributed by atoms with Gasteiger partial charge in [-0.15, -0.1) is 10.2 Å². The Bertz CT molecular complexity index is 701. The van der Waals surface area contributed by atoms with Gasteiger partial charge in [0.05, 0.1) is 11.8 Å². The van der Waals surface area contributed by atoms with E-state index >= 15 is 0 Å². The minimum atomic E-state index is -0.216. The zero-order valence-corrected chi connectivity index (χ0v) is 15.8. The van der Waals surface area contributed by atoms with Gasteiger partial charge in [-0.3, -0.25) is 4.79 Å². The van der Waals surface area contributed by atoms with Crippen LogP contribution in [-0.4, -0.2) is 54.3 Å². The zero-order valence-electron chi connectivity index (χ0n) is 15.8. The molecule has 1 aromatic carbocycles. The van der Waals surface area contributed by atoms with Gasteiger partial charge in [-0.25, -0.2) is 0 Å². The number of anilines is 2. The first-order valence-electron chi connectivity index (χ1n) is 8.75. The van der Waals surface area contributed by atoms with Crippen LogP contribution in [-0.2, 0) is 0 Å². The molecule has 0 aliphatic rings. The van der Waals surface area contributed by atoms with E-state index < -0.39 is 0 Å². The number of amides is 1. The Morgan fingerprint density at radius 1 is 1.15 bits per heavy atom. The SMILES string of the molecule is CC(C)Oc1ccccc1Nc1ccc(C(=O)NCCCN(C)C)nn1. The van der Waals surface area contributed by atoms with Gasteiger partial charge in [0.15, 0.2) is 11.5 Å². The second-order valence-electron chi connectivity index (χ2n) is 6.50. The molecule has 0 aliphatic carbocycles. The summed E-state index contributed by atoms with van der Waals surface area (Å²) in [4.78, 5) is 14.1. The highest BCUT2D eigenvalue weighted by Crippen LogP contribution is 2.27. The number of aromatic nitrogens is 2. The lowest BCUT2D eigenvalue weighted by Crippen LogP contribution is -2.28. The van der Waals surface area contributed by atoms with Gasteiger partial charge >= 0.3 is 0 Å². The summed E-state index contributed by atoms with van der Waals surface area (Å²) in [7, 11) is 4.01. The lowest BCUT2D eigenvalue weighted by atomic mass is 10.3. The molecule has 7 nitrogen and oxygen atoms in total. The second-order valence-corrected chi connectivity index (χ2v) is 6.50. The third-order valence-electron chi connectivity index (χ3n) is 3.48. The number of ether oxygens (including phenoxy) is 1. The average molecular weight is 357 g/mol. The molecular weight excluding hydrogens is 330 g/mol. The Balaban J connectivity index is 1.94. The fraction of sp³-hybridized carbons (Fsp3) is 0.421. The standard InChI is InChI=1S/C19H27N5O2/c1-14(2)26-17-9-6-5-8-15(17)21-18-11-10-16(22-23-18)19(25)20-12-7-13-24(3)4/h5-6,8-11,14H,7,12-13H2,1-4H3,(H,20,25)(H,21,23). The smallest absolute Gasteiger partial charge is 0.271 e. The van der Waals surface area contributed by atoms with E-state index in [-0.39, 0.29) is 12.0 Å². The van der Waals surface area contributed by atoms with E-state index in [0.29, 0.717) is 18.1 Å². The number of nitrogens with zero attached hydrogens (tertiary/aromatic N) is 3. The van der Waals surface area contributed by atoms with Crippen LogP contribution >= 0.6 is 0 Å². The molecule has 1 heterocycles. The molecule has 0 bridgehead atoms. The summed E-state index contributed by atoms with van der Waals surface area (Å²) in [6.45, 7) is 5.48. The molecule has 140 valence electrons. The third-order valence-corrected chi connectivity index (χ3v) is 3.48. The zero-order chi connectivity index (χ0) is 18.9. The third kappa shape index (κ3) is 6.33. The maximum Gasteiger partial charge on any atom is 0.271 e. The van der Waals surface area contributed by atoms with Gasteiger partial charge in [0.2, 0.25) is 0 Å². The molecular formula is C19H27N5O2. The maximum atomic E-state index is 12.1. The van der Waals surface area contributed by atoms with Crippen LogP contribution < -0.4 is 15.4 Å². The van der Waals surface area contributed by atoms with Crippen LogP contribution in [0.4, 0.5) is 11.5 Å². The number of carbonyl (C=O) groups is 1. The molecule has 1 aromatic heterocycles. The Labute approximate surface area is 154 Å². The molecule has 0 fully saturated rings. The van der Waals surface area contributed by atoms with E-state index in [0.717, 1.165) is 24.4 Å². The van der Waals surface area contributed by atoms with Gasteiger partial charge in [-0.05, 0) is 65.2 Å². The van der Waals surface area contributed by atoms with Crippen molar-refractivity contribution in [3.8, 4) is 5.75 Å². The summed E-state index contributed by atoms with van der Waals surface area (Å²) in [5, 5.41) is 14.1. The molecule has 2 aromatic rings. The number of benzene rings is 1. The molecule has 0 spiro atoms. The van der Waals surface area contributed by atoms with Crippen molar-refractivity contribution < 1.29 is 9.53 Å². The second kappa shape index (κ2) is 9.72. The van der Waals surface area contributed by atoms with Gasteiger partial charge in [-0.2, -0.15) is 0 Å². The van der Waals surface area contributed by atoms with Crippen LogP contribution in [0.2, 0.25) is 0 Å². The lowest BCUT2D eigenvalue weighted by Gasteiger charge is -2.14. The minimum Gasteiger partial charge on any atom is -0.489 e. The predicted octanol–water partition coefficient (Wildman–Crippen LogP) is 2.69. The number of para-hydroxylation sites is 2. The summed E-state index contributed by atoms with van der Waals surface area (Å²) in [6, 6.07) is 11.0. The summed E-state index contributed by atoms with van der Waals surface area (Å²) >= 11 is 0. The monoisotopic (exact) mass is 357 g/mol. The summed E-state index contributed by atoms with van der Waals surface area (Å²) in [5.74, 6) is 1.08. The molecule has 0 saturated heterocycles. The highest BCUT2D eigenvalue weighted by molar-refractivity contribution is 5.92. The topological polar surface area (TPSA) is 79.4 Å². The minimum absolute atomic E-state index is 0.0719. The normalized spacial score (nSPS) is 10.8. The molecule has 1 amide bonds. The number of nitrogens with one attached hydrogen (secondary N) is 2. The molecule has 0 atom stereocenters. The molecule has 0 aliphatic heterocycles. The number of hydrogen-bond donors (Lipinski definition) is 2. The molecule has 2 N–H and O–H groups in total. The van der Waals surface area contributed by atoms with Gasteiger partial charge in [-0.1, -0.05) is 12.1 Å². The van der Waals surface area contributed by atoms with Crippen LogP contribution in [0.3, 0.4) is 0 Å². The Hall–Kier alpha value is -2.67. The number of rotatable bonds is 9. The molecule has 0 saturated carbocycles. The van der Waals surface area contributed by atoms with Crippen molar-refractivity contribution in [2.45, 2.75) is 26.4 Å². The van der Waals surface area contributed by atoms with Crippen molar-refractivity contribution in [3.05, 3.63) is 42.1 Å². The van der Waals surface area contributed by atoms with E-state index in [1.807, 2.05) is 52.2 Å². The van der Waals surface area contributed by atoms with Crippen LogP contribution in [0.15, 0.2) is 36.4 Å². The molecule has 0 unspecified atom stereocenters. The summed E-state index contributed by atoms with van der Waals surface area (Å²) < 4.78 is 5.77. The highest BCUT2D eigenvalue weighted by Gasteiger charge is 2.09. The van der Waals surface area contributed by atoms with E-state index in [9.17, 15) is 4.79 Å². The van der Waals surface area contributed by atoms with Crippen molar-refractivity contribution >= 4 is 17.4 Å². The summed E-state index contributed by atoms with van der Waals surface area (Å²) in [5.41, 5.74) is 1.10. The number of hydrogen-bond acceptors (Lipinski definition) is 6. The lowest BCUT2D eigenvalue weighted by molar-refractivity contribution is 0.0946.